The normalized spacial score (nSPS) is 16.7. The zero-order chi connectivity index (χ0) is 23.3. The second-order valence-electron chi connectivity index (χ2n) is 8.42. The van der Waals surface area contributed by atoms with E-state index in [4.69, 9.17) is 4.74 Å². The fourth-order valence-electron chi connectivity index (χ4n) is 4.22. The Balaban J connectivity index is 1.63. The maximum absolute atomic E-state index is 11.6. The van der Waals surface area contributed by atoms with Crippen LogP contribution in [0.2, 0.25) is 0 Å². The zero-order valence-corrected chi connectivity index (χ0v) is 19.8. The topological polar surface area (TPSA) is 102 Å². The van der Waals surface area contributed by atoms with Crippen LogP contribution in [0, 0.1) is 5.92 Å². The number of nitrogens with zero attached hydrogens (tertiary/aromatic N) is 5. The maximum atomic E-state index is 11.6. The van der Waals surface area contributed by atoms with Crippen LogP contribution < -0.4 is 14.4 Å². The van der Waals surface area contributed by atoms with Gasteiger partial charge in [0.05, 0.1) is 19.9 Å². The molecule has 1 N–H and O–H groups in total. The zero-order valence-electron chi connectivity index (χ0n) is 19.0. The molecule has 1 atom stereocenters. The summed E-state index contributed by atoms with van der Waals surface area (Å²) >= 11 is 0. The number of piperidine rings is 1. The Hall–Kier alpha value is -2.98. The number of ether oxygens (including phenoxy) is 1. The smallest absolute Gasteiger partial charge is 0.227 e. The highest BCUT2D eigenvalue weighted by Gasteiger charge is 2.26. The molecule has 1 saturated heterocycles. The van der Waals surface area contributed by atoms with Crippen LogP contribution in [-0.4, -0.2) is 61.2 Å². The third-order valence-electron chi connectivity index (χ3n) is 5.88. The molecule has 4 rings (SSSR count). The Morgan fingerprint density at radius 3 is 2.70 bits per heavy atom. The van der Waals surface area contributed by atoms with E-state index in [2.05, 4.69) is 29.4 Å². The van der Waals surface area contributed by atoms with Crippen molar-refractivity contribution in [3.05, 3.63) is 65.7 Å². The van der Waals surface area contributed by atoms with Gasteiger partial charge >= 0.3 is 0 Å². The van der Waals surface area contributed by atoms with Crippen molar-refractivity contribution in [2.24, 2.45) is 5.92 Å². The van der Waals surface area contributed by atoms with Gasteiger partial charge in [-0.05, 0) is 42.5 Å². The van der Waals surface area contributed by atoms with Gasteiger partial charge in [0.2, 0.25) is 16.0 Å². The number of rotatable bonds is 9. The van der Waals surface area contributed by atoms with Crippen molar-refractivity contribution in [3.8, 4) is 5.75 Å². The summed E-state index contributed by atoms with van der Waals surface area (Å²) in [6.45, 7) is 2.59. The predicted molar refractivity (Wildman–Crippen MR) is 127 cm³/mol. The summed E-state index contributed by atoms with van der Waals surface area (Å²) < 4.78 is 33.5. The van der Waals surface area contributed by atoms with E-state index in [1.54, 1.807) is 19.5 Å². The lowest BCUT2D eigenvalue weighted by Crippen LogP contribution is -2.42. The van der Waals surface area contributed by atoms with Crippen molar-refractivity contribution in [2.75, 3.05) is 37.9 Å². The lowest BCUT2D eigenvalue weighted by Gasteiger charge is -2.33. The molecule has 10 heteroatoms. The molecule has 9 nitrogen and oxygen atoms in total. The molecular formula is C23H30N6O3S. The summed E-state index contributed by atoms with van der Waals surface area (Å²) in [5, 5.41) is 9.12. The van der Waals surface area contributed by atoms with Gasteiger partial charge in [-0.2, -0.15) is 0 Å². The lowest BCUT2D eigenvalue weighted by atomic mass is 9.99. The Morgan fingerprint density at radius 1 is 1.15 bits per heavy atom. The molecule has 1 unspecified atom stereocenters. The molecule has 0 spiro atoms. The largest absolute Gasteiger partial charge is 0.496 e. The molecule has 33 heavy (non-hydrogen) atoms. The molecule has 3 aromatic rings. The molecule has 176 valence electrons. The molecule has 1 aliphatic heterocycles. The van der Waals surface area contributed by atoms with Gasteiger partial charge in [0.15, 0.2) is 0 Å². The average Bonchev–Trinajstić information content (AvgIpc) is 3.20. The van der Waals surface area contributed by atoms with Crippen LogP contribution in [0.1, 0.15) is 29.8 Å². The Morgan fingerprint density at radius 2 is 1.94 bits per heavy atom. The monoisotopic (exact) mass is 470 g/mol. The van der Waals surface area contributed by atoms with Crippen molar-refractivity contribution in [1.29, 1.82) is 0 Å². The quantitative estimate of drug-likeness (QED) is 0.511. The van der Waals surface area contributed by atoms with Gasteiger partial charge in [-0.1, -0.05) is 18.2 Å². The third kappa shape index (κ3) is 6.08. The minimum atomic E-state index is -3.21. The number of methoxy groups -OCH3 is 1. The molecule has 1 aliphatic rings. The van der Waals surface area contributed by atoms with Gasteiger partial charge in [0, 0.05) is 44.0 Å². The van der Waals surface area contributed by atoms with Crippen molar-refractivity contribution in [3.63, 3.8) is 0 Å². The number of pyridine rings is 1. The minimum Gasteiger partial charge on any atom is -0.496 e. The highest BCUT2D eigenvalue weighted by Crippen LogP contribution is 2.26. The van der Waals surface area contributed by atoms with Gasteiger partial charge in [-0.3, -0.25) is 9.55 Å². The number of para-hydroxylation sites is 1. The van der Waals surface area contributed by atoms with E-state index in [1.807, 2.05) is 36.4 Å². The number of anilines is 1. The molecule has 0 bridgehead atoms. The molecule has 0 amide bonds. The van der Waals surface area contributed by atoms with Crippen molar-refractivity contribution >= 4 is 16.0 Å². The fraction of sp³-hybridized carbons (Fsp3) is 0.435. The summed E-state index contributed by atoms with van der Waals surface area (Å²) in [6, 6.07) is 11.9. The average molecular weight is 471 g/mol. The summed E-state index contributed by atoms with van der Waals surface area (Å²) in [5.74, 6) is 2.70. The summed E-state index contributed by atoms with van der Waals surface area (Å²) in [7, 11) is -1.54. The molecule has 0 saturated carbocycles. The molecule has 1 fully saturated rings. The Labute approximate surface area is 194 Å². The van der Waals surface area contributed by atoms with Gasteiger partial charge in [-0.15, -0.1) is 10.2 Å². The van der Waals surface area contributed by atoms with E-state index >= 15 is 0 Å². The van der Waals surface area contributed by atoms with Gasteiger partial charge in [0.25, 0.3) is 0 Å². The highest BCUT2D eigenvalue weighted by molar-refractivity contribution is 7.88. The van der Waals surface area contributed by atoms with Crippen LogP contribution >= 0.6 is 0 Å². The highest BCUT2D eigenvalue weighted by atomic mass is 32.2. The maximum Gasteiger partial charge on any atom is 0.227 e. The SMILES string of the molecule is COc1ccccc1Cn1c(Cc2ccncc2)nnc1N1CCCC(CNS(C)(=O)=O)C1. The van der Waals surface area contributed by atoms with E-state index in [-0.39, 0.29) is 5.92 Å². The number of sulfonamides is 1. The predicted octanol–water partition coefficient (Wildman–Crippen LogP) is 2.09. The number of hydrogen-bond donors (Lipinski definition) is 1. The van der Waals surface area contributed by atoms with E-state index in [0.717, 1.165) is 54.6 Å². The molecular weight excluding hydrogens is 440 g/mol. The van der Waals surface area contributed by atoms with Gasteiger partial charge in [0.1, 0.15) is 11.6 Å². The summed E-state index contributed by atoms with van der Waals surface area (Å²) in [5.41, 5.74) is 2.16. The van der Waals surface area contributed by atoms with Crippen LogP contribution in [0.15, 0.2) is 48.8 Å². The van der Waals surface area contributed by atoms with Crippen LogP contribution in [0.3, 0.4) is 0 Å². The van der Waals surface area contributed by atoms with Crippen LogP contribution in [0.5, 0.6) is 5.75 Å². The summed E-state index contributed by atoms with van der Waals surface area (Å²) in [4.78, 5) is 6.32. The number of nitrogens with one attached hydrogen (secondary N) is 1. The van der Waals surface area contributed by atoms with Crippen LogP contribution in [0.4, 0.5) is 5.95 Å². The number of aromatic nitrogens is 4. The van der Waals surface area contributed by atoms with Crippen molar-refractivity contribution in [2.45, 2.75) is 25.8 Å². The first-order chi connectivity index (χ1) is 15.9. The molecule has 2 aromatic heterocycles. The van der Waals surface area contributed by atoms with Gasteiger partial charge < -0.3 is 9.64 Å². The second kappa shape index (κ2) is 10.3. The molecule has 0 radical (unpaired) electrons. The second-order valence-corrected chi connectivity index (χ2v) is 10.3. The summed E-state index contributed by atoms with van der Waals surface area (Å²) in [6.07, 6.45) is 7.34. The first-order valence-electron chi connectivity index (χ1n) is 11.1. The standard InChI is InChI=1S/C23H30N6O3S/c1-32-21-8-4-3-7-20(21)17-29-22(14-18-9-11-24-12-10-18)26-27-23(29)28-13-5-6-19(16-28)15-25-33(2,30)31/h3-4,7-12,19,25H,5-6,13-17H2,1-2H3. The van der Waals surface area contributed by atoms with Crippen LogP contribution in [-0.2, 0) is 23.0 Å². The van der Waals surface area contributed by atoms with Crippen LogP contribution in [0.25, 0.3) is 0 Å². The number of hydrogen-bond acceptors (Lipinski definition) is 7. The van der Waals surface area contributed by atoms with E-state index in [0.29, 0.717) is 19.5 Å². The van der Waals surface area contributed by atoms with E-state index < -0.39 is 10.0 Å². The Kier molecular flexibility index (Phi) is 7.24. The molecule has 0 aliphatic carbocycles. The van der Waals surface area contributed by atoms with Crippen molar-refractivity contribution in [1.82, 2.24) is 24.5 Å². The third-order valence-corrected chi connectivity index (χ3v) is 6.57. The van der Waals surface area contributed by atoms with Crippen molar-refractivity contribution < 1.29 is 13.2 Å². The fourth-order valence-corrected chi connectivity index (χ4v) is 4.76. The first kappa shape index (κ1) is 23.2. The lowest BCUT2D eigenvalue weighted by molar-refractivity contribution is 0.401. The molecule has 3 heterocycles. The van der Waals surface area contributed by atoms with E-state index in [1.165, 1.54) is 6.26 Å². The molecule has 1 aromatic carbocycles. The van der Waals surface area contributed by atoms with E-state index in [9.17, 15) is 8.42 Å². The first-order valence-corrected chi connectivity index (χ1v) is 12.9. The Bertz CT molecular complexity index is 1170. The van der Waals surface area contributed by atoms with Gasteiger partial charge in [-0.25, -0.2) is 13.1 Å². The minimum absolute atomic E-state index is 0.216. The number of benzene rings is 1.